The smallest absolute Gasteiger partial charge is 0.0622 e. The van der Waals surface area contributed by atoms with Gasteiger partial charge in [-0.2, -0.15) is 0 Å². The molecule has 0 fully saturated rings. The zero-order chi connectivity index (χ0) is 8.27. The van der Waals surface area contributed by atoms with Crippen LogP contribution in [0.25, 0.3) is 4.48 Å². The monoisotopic (exact) mass is 338 g/mol. The Kier molecular flexibility index (Phi) is 3.82. The largest absolute Gasteiger partial charge is 0.0752 e. The van der Waals surface area contributed by atoms with Crippen molar-refractivity contribution in [3.63, 3.8) is 0 Å². The van der Waals surface area contributed by atoms with Gasteiger partial charge in [0, 0.05) is 4.48 Å². The van der Waals surface area contributed by atoms with E-state index in [-0.39, 0.29) is 0 Å². The van der Waals surface area contributed by atoms with Crippen LogP contribution in [0.1, 0.15) is 5.56 Å². The third-order valence-corrected chi connectivity index (χ3v) is 3.90. The lowest BCUT2D eigenvalue weighted by Gasteiger charge is -1.97. The summed E-state index contributed by atoms with van der Waals surface area (Å²) in [5.41, 5.74) is 1.15. The van der Waals surface area contributed by atoms with E-state index in [9.17, 15) is 0 Å². The number of rotatable bonds is 1. The molecule has 0 bridgehead atoms. The Morgan fingerprint density at radius 1 is 0.909 bits per heavy atom. The van der Waals surface area contributed by atoms with E-state index in [2.05, 4.69) is 47.8 Å². The lowest BCUT2D eigenvalue weighted by molar-refractivity contribution is 1.66. The van der Waals surface area contributed by atoms with Crippen molar-refractivity contribution < 1.29 is 0 Å². The number of hydrogen-bond acceptors (Lipinski definition) is 0. The first kappa shape index (κ1) is 9.49. The molecule has 58 valence electrons. The fraction of sp³-hybridized carbons (Fsp3) is 0. The summed E-state index contributed by atoms with van der Waals surface area (Å²) < 4.78 is 1.95. The predicted octanol–water partition coefficient (Wildman–Crippen LogP) is 4.50. The van der Waals surface area contributed by atoms with Crippen LogP contribution in [0.5, 0.6) is 0 Å². The molecular weight excluding hydrogens is 336 g/mol. The second kappa shape index (κ2) is 4.43. The van der Waals surface area contributed by atoms with Crippen molar-refractivity contribution >= 4 is 52.3 Å². The highest BCUT2D eigenvalue weighted by atomic mass is 79.9. The van der Waals surface area contributed by atoms with Crippen molar-refractivity contribution in [3.05, 3.63) is 39.3 Å². The second-order valence-electron chi connectivity index (χ2n) is 1.94. The van der Waals surface area contributed by atoms with E-state index in [0.29, 0.717) is 0 Å². The standard InChI is InChI=1S/C8H5Br3/c9-7(8(10)11)6-4-2-1-3-5-6/h1-5H. The Labute approximate surface area is 91.1 Å². The molecule has 0 aromatic heterocycles. The maximum Gasteiger partial charge on any atom is 0.0752 e. The minimum absolute atomic E-state index is 0.927. The first-order chi connectivity index (χ1) is 5.22. The summed E-state index contributed by atoms with van der Waals surface area (Å²) in [5.74, 6) is 0. The Bertz CT molecular complexity index is 260. The summed E-state index contributed by atoms with van der Waals surface area (Å²) >= 11 is 10.1. The Morgan fingerprint density at radius 3 is 1.91 bits per heavy atom. The number of benzene rings is 1. The van der Waals surface area contributed by atoms with Crippen LogP contribution < -0.4 is 0 Å². The molecule has 1 aromatic carbocycles. The van der Waals surface area contributed by atoms with E-state index >= 15 is 0 Å². The molecule has 0 aliphatic heterocycles. The molecule has 0 aliphatic carbocycles. The lowest BCUT2D eigenvalue weighted by Crippen LogP contribution is -1.73. The van der Waals surface area contributed by atoms with Crippen molar-refractivity contribution in [2.24, 2.45) is 0 Å². The van der Waals surface area contributed by atoms with Crippen LogP contribution in [-0.4, -0.2) is 0 Å². The predicted molar refractivity (Wildman–Crippen MR) is 60.1 cm³/mol. The van der Waals surface area contributed by atoms with Crippen molar-refractivity contribution in [1.29, 1.82) is 0 Å². The molecule has 1 rings (SSSR count). The maximum absolute atomic E-state index is 3.44. The second-order valence-corrected chi connectivity index (χ2v) is 5.38. The molecule has 3 heteroatoms. The van der Waals surface area contributed by atoms with Crippen molar-refractivity contribution in [3.8, 4) is 0 Å². The van der Waals surface area contributed by atoms with Gasteiger partial charge in [0.2, 0.25) is 0 Å². The minimum atomic E-state index is 0.927. The third kappa shape index (κ3) is 2.73. The van der Waals surface area contributed by atoms with Crippen LogP contribution in [0.15, 0.2) is 33.7 Å². The summed E-state index contributed by atoms with van der Waals surface area (Å²) in [4.78, 5) is 0. The van der Waals surface area contributed by atoms with E-state index < -0.39 is 0 Å². The van der Waals surface area contributed by atoms with Gasteiger partial charge in [0.25, 0.3) is 0 Å². The van der Waals surface area contributed by atoms with Crippen LogP contribution >= 0.6 is 47.8 Å². The topological polar surface area (TPSA) is 0 Å². The van der Waals surface area contributed by atoms with Gasteiger partial charge in [0.05, 0.1) is 3.39 Å². The summed E-state index contributed by atoms with van der Waals surface area (Å²) in [6.45, 7) is 0. The molecule has 0 atom stereocenters. The quantitative estimate of drug-likeness (QED) is 0.706. The molecule has 0 radical (unpaired) electrons. The molecule has 0 saturated heterocycles. The van der Waals surface area contributed by atoms with Gasteiger partial charge in [0.1, 0.15) is 0 Å². The summed E-state index contributed by atoms with van der Waals surface area (Å²) in [5, 5.41) is 0. The first-order valence-corrected chi connectivity index (χ1v) is 5.36. The van der Waals surface area contributed by atoms with Gasteiger partial charge in [-0.25, -0.2) is 0 Å². The summed E-state index contributed by atoms with van der Waals surface area (Å²) in [6.07, 6.45) is 0. The van der Waals surface area contributed by atoms with Crippen LogP contribution in [0.4, 0.5) is 0 Å². The van der Waals surface area contributed by atoms with Gasteiger partial charge in [0.15, 0.2) is 0 Å². The summed E-state index contributed by atoms with van der Waals surface area (Å²) in [6, 6.07) is 10.1. The molecule has 0 heterocycles. The van der Waals surface area contributed by atoms with E-state index in [0.717, 1.165) is 13.4 Å². The highest BCUT2D eigenvalue weighted by Crippen LogP contribution is 2.31. The Hall–Kier alpha value is 0.400. The maximum atomic E-state index is 3.44. The SMILES string of the molecule is BrC(Br)=C(Br)c1ccccc1. The molecule has 11 heavy (non-hydrogen) atoms. The molecule has 0 amide bonds. The fourth-order valence-electron chi connectivity index (χ4n) is 0.694. The highest BCUT2D eigenvalue weighted by molar-refractivity contribution is 9.29. The van der Waals surface area contributed by atoms with Gasteiger partial charge in [-0.05, 0) is 53.4 Å². The van der Waals surface area contributed by atoms with Crippen LogP contribution in [0, 0.1) is 0 Å². The van der Waals surface area contributed by atoms with Crippen LogP contribution in [0.2, 0.25) is 0 Å². The molecule has 0 unspecified atom stereocenters. The molecule has 0 saturated carbocycles. The molecule has 0 nitrogen and oxygen atoms in total. The molecular formula is C8H5Br3. The van der Waals surface area contributed by atoms with Gasteiger partial charge in [-0.3, -0.25) is 0 Å². The fourth-order valence-corrected chi connectivity index (χ4v) is 1.42. The lowest BCUT2D eigenvalue weighted by atomic mass is 10.2. The highest BCUT2D eigenvalue weighted by Gasteiger charge is 1.98. The van der Waals surface area contributed by atoms with Crippen molar-refractivity contribution in [2.45, 2.75) is 0 Å². The molecule has 0 spiro atoms. The Balaban J connectivity index is 3.04. The van der Waals surface area contributed by atoms with Crippen molar-refractivity contribution in [1.82, 2.24) is 0 Å². The van der Waals surface area contributed by atoms with E-state index in [1.807, 2.05) is 30.3 Å². The van der Waals surface area contributed by atoms with Crippen LogP contribution in [-0.2, 0) is 0 Å². The van der Waals surface area contributed by atoms with E-state index in [1.165, 1.54) is 0 Å². The number of halogens is 3. The average molecular weight is 341 g/mol. The van der Waals surface area contributed by atoms with Crippen LogP contribution in [0.3, 0.4) is 0 Å². The van der Waals surface area contributed by atoms with Gasteiger partial charge in [-0.15, -0.1) is 0 Å². The Morgan fingerprint density at radius 2 is 1.45 bits per heavy atom. The van der Waals surface area contributed by atoms with E-state index in [1.54, 1.807) is 0 Å². The first-order valence-electron chi connectivity index (χ1n) is 2.98. The summed E-state index contributed by atoms with van der Waals surface area (Å²) in [7, 11) is 0. The molecule has 0 aliphatic rings. The average Bonchev–Trinajstić information content (AvgIpc) is 2.05. The molecule has 1 aromatic rings. The third-order valence-electron chi connectivity index (χ3n) is 1.19. The van der Waals surface area contributed by atoms with Gasteiger partial charge < -0.3 is 0 Å². The van der Waals surface area contributed by atoms with Gasteiger partial charge >= 0.3 is 0 Å². The number of hydrogen-bond donors (Lipinski definition) is 0. The zero-order valence-electron chi connectivity index (χ0n) is 5.52. The minimum Gasteiger partial charge on any atom is -0.0622 e. The van der Waals surface area contributed by atoms with Crippen molar-refractivity contribution in [2.75, 3.05) is 0 Å². The van der Waals surface area contributed by atoms with E-state index in [4.69, 9.17) is 0 Å². The molecule has 0 N–H and O–H groups in total. The normalized spacial score (nSPS) is 9.36. The van der Waals surface area contributed by atoms with Gasteiger partial charge in [-0.1, -0.05) is 30.3 Å². The zero-order valence-corrected chi connectivity index (χ0v) is 10.3.